The van der Waals surface area contributed by atoms with Crippen LogP contribution in [0.3, 0.4) is 0 Å². The second-order valence-electron chi connectivity index (χ2n) is 3.98. The zero-order chi connectivity index (χ0) is 14.0. The van der Waals surface area contributed by atoms with Crippen LogP contribution in [0.4, 0.5) is 8.78 Å². The summed E-state index contributed by atoms with van der Waals surface area (Å²) in [6, 6.07) is 3.10. The predicted octanol–water partition coefficient (Wildman–Crippen LogP) is 2.15. The first kappa shape index (κ1) is 13.1. The Morgan fingerprint density at radius 1 is 1.21 bits per heavy atom. The van der Waals surface area contributed by atoms with Crippen molar-refractivity contribution in [1.82, 2.24) is 9.55 Å². The molecule has 0 unspecified atom stereocenters. The lowest BCUT2D eigenvalue weighted by molar-refractivity contribution is 0.0882. The highest BCUT2D eigenvalue weighted by Gasteiger charge is 2.22. The number of rotatable bonds is 4. The Morgan fingerprint density at radius 3 is 2.37 bits per heavy atom. The summed E-state index contributed by atoms with van der Waals surface area (Å²) in [6.45, 7) is 0. The Kier molecular flexibility index (Phi) is 3.50. The average molecular weight is 264 g/mol. The van der Waals surface area contributed by atoms with E-state index in [0.29, 0.717) is 0 Å². The number of aryl methyl sites for hydroxylation is 1. The van der Waals surface area contributed by atoms with E-state index in [1.54, 1.807) is 13.2 Å². The molecule has 98 valence electrons. The molecule has 1 aromatic carbocycles. The van der Waals surface area contributed by atoms with Crippen LogP contribution in [0, 0.1) is 11.6 Å². The maximum atomic E-state index is 13.4. The second kappa shape index (κ2) is 5.09. The van der Waals surface area contributed by atoms with E-state index in [2.05, 4.69) is 4.98 Å². The molecule has 0 radical (unpaired) electrons. The van der Waals surface area contributed by atoms with E-state index in [1.807, 2.05) is 0 Å². The SMILES string of the molecule is Cn1ccnc1C(=O)CC(=O)c1c(F)cccc1F. The maximum absolute atomic E-state index is 13.4. The number of Topliss-reactive ketones (excluding diaryl/α,β-unsaturated/α-hetero) is 2. The first-order valence-corrected chi connectivity index (χ1v) is 5.48. The van der Waals surface area contributed by atoms with E-state index in [9.17, 15) is 18.4 Å². The number of carbonyl (C=O) groups excluding carboxylic acids is 2. The number of imidazole rings is 1. The molecule has 19 heavy (non-hydrogen) atoms. The van der Waals surface area contributed by atoms with Crippen LogP contribution >= 0.6 is 0 Å². The van der Waals surface area contributed by atoms with Crippen molar-refractivity contribution in [2.24, 2.45) is 7.05 Å². The summed E-state index contributed by atoms with van der Waals surface area (Å²) in [7, 11) is 1.59. The number of carbonyl (C=O) groups is 2. The number of hydrogen-bond acceptors (Lipinski definition) is 3. The van der Waals surface area contributed by atoms with Gasteiger partial charge in [0.2, 0.25) is 5.78 Å². The van der Waals surface area contributed by atoms with Gasteiger partial charge in [-0.25, -0.2) is 13.8 Å². The first-order valence-electron chi connectivity index (χ1n) is 5.48. The topological polar surface area (TPSA) is 52.0 Å². The Bertz CT molecular complexity index is 630. The highest BCUT2D eigenvalue weighted by Crippen LogP contribution is 2.15. The Morgan fingerprint density at radius 2 is 1.84 bits per heavy atom. The van der Waals surface area contributed by atoms with Crippen molar-refractivity contribution in [1.29, 1.82) is 0 Å². The molecule has 0 aliphatic rings. The molecule has 0 saturated heterocycles. The molecule has 0 atom stereocenters. The van der Waals surface area contributed by atoms with Gasteiger partial charge in [0.05, 0.1) is 12.0 Å². The molecule has 0 saturated carbocycles. The van der Waals surface area contributed by atoms with E-state index >= 15 is 0 Å². The highest BCUT2D eigenvalue weighted by atomic mass is 19.1. The minimum absolute atomic E-state index is 0.0742. The summed E-state index contributed by atoms with van der Waals surface area (Å²) in [5.41, 5.74) is -0.690. The van der Waals surface area contributed by atoms with Crippen LogP contribution in [-0.4, -0.2) is 21.1 Å². The third-order valence-electron chi connectivity index (χ3n) is 2.63. The van der Waals surface area contributed by atoms with Crippen molar-refractivity contribution in [3.05, 3.63) is 53.6 Å². The zero-order valence-electron chi connectivity index (χ0n) is 10.1. The summed E-state index contributed by atoms with van der Waals surface area (Å²) in [4.78, 5) is 27.3. The Balaban J connectivity index is 2.23. The van der Waals surface area contributed by atoms with E-state index in [4.69, 9.17) is 0 Å². The fraction of sp³-hybridized carbons (Fsp3) is 0.154. The van der Waals surface area contributed by atoms with Crippen molar-refractivity contribution in [3.8, 4) is 0 Å². The normalized spacial score (nSPS) is 10.5. The first-order chi connectivity index (χ1) is 9.00. The molecule has 2 rings (SSSR count). The third-order valence-corrected chi connectivity index (χ3v) is 2.63. The minimum atomic E-state index is -0.974. The van der Waals surface area contributed by atoms with Gasteiger partial charge in [0, 0.05) is 19.4 Å². The zero-order valence-corrected chi connectivity index (χ0v) is 10.1. The molecule has 1 heterocycles. The molecule has 0 spiro atoms. The lowest BCUT2D eigenvalue weighted by atomic mass is 10.0. The van der Waals surface area contributed by atoms with Gasteiger partial charge < -0.3 is 4.57 Å². The van der Waals surface area contributed by atoms with Gasteiger partial charge in [0.25, 0.3) is 0 Å². The van der Waals surface area contributed by atoms with Crippen LogP contribution < -0.4 is 0 Å². The van der Waals surface area contributed by atoms with Crippen LogP contribution in [0.15, 0.2) is 30.6 Å². The van der Waals surface area contributed by atoms with Crippen molar-refractivity contribution >= 4 is 11.6 Å². The standard InChI is InChI=1S/C13H10F2N2O2/c1-17-6-5-16-13(17)11(19)7-10(18)12-8(14)3-2-4-9(12)15/h2-6H,7H2,1H3. The monoisotopic (exact) mass is 264 g/mol. The summed E-state index contributed by atoms with van der Waals surface area (Å²) in [6.07, 6.45) is 2.32. The molecule has 6 heteroatoms. The van der Waals surface area contributed by atoms with E-state index in [-0.39, 0.29) is 5.82 Å². The van der Waals surface area contributed by atoms with Crippen LogP contribution in [0.1, 0.15) is 27.4 Å². The highest BCUT2D eigenvalue weighted by molar-refractivity contribution is 6.12. The quantitative estimate of drug-likeness (QED) is 0.628. The molecule has 4 nitrogen and oxygen atoms in total. The van der Waals surface area contributed by atoms with Gasteiger partial charge in [-0.05, 0) is 12.1 Å². The number of aromatic nitrogens is 2. The van der Waals surface area contributed by atoms with Crippen molar-refractivity contribution in [2.75, 3.05) is 0 Å². The van der Waals surface area contributed by atoms with E-state index < -0.39 is 35.2 Å². The number of benzene rings is 1. The van der Waals surface area contributed by atoms with Crippen LogP contribution in [-0.2, 0) is 7.05 Å². The summed E-state index contributed by atoms with van der Waals surface area (Å²) in [5, 5.41) is 0. The van der Waals surface area contributed by atoms with Crippen LogP contribution in [0.25, 0.3) is 0 Å². The van der Waals surface area contributed by atoms with Gasteiger partial charge in [-0.3, -0.25) is 9.59 Å². The van der Waals surface area contributed by atoms with E-state index in [0.717, 1.165) is 18.2 Å². The van der Waals surface area contributed by atoms with Gasteiger partial charge in [-0.2, -0.15) is 0 Å². The van der Waals surface area contributed by atoms with Gasteiger partial charge in [0.15, 0.2) is 11.6 Å². The Labute approximate surface area is 107 Å². The lowest BCUT2D eigenvalue weighted by Crippen LogP contribution is -2.15. The maximum Gasteiger partial charge on any atom is 0.205 e. The number of hydrogen-bond donors (Lipinski definition) is 0. The van der Waals surface area contributed by atoms with Gasteiger partial charge in [-0.1, -0.05) is 6.07 Å². The molecule has 0 fully saturated rings. The molecule has 2 aromatic rings. The molecule has 0 aliphatic carbocycles. The van der Waals surface area contributed by atoms with Gasteiger partial charge >= 0.3 is 0 Å². The average Bonchev–Trinajstić information content (AvgIpc) is 2.75. The number of ketones is 2. The van der Waals surface area contributed by atoms with E-state index in [1.165, 1.54) is 10.8 Å². The fourth-order valence-electron chi connectivity index (χ4n) is 1.71. The lowest BCUT2D eigenvalue weighted by Gasteiger charge is -2.04. The van der Waals surface area contributed by atoms with Gasteiger partial charge in [-0.15, -0.1) is 0 Å². The van der Waals surface area contributed by atoms with Crippen LogP contribution in [0.5, 0.6) is 0 Å². The third kappa shape index (κ3) is 2.57. The fourth-order valence-corrected chi connectivity index (χ4v) is 1.71. The summed E-state index contributed by atoms with van der Waals surface area (Å²) in [5.74, 6) is -3.36. The Hall–Kier alpha value is -2.37. The molecule has 1 aromatic heterocycles. The molecular weight excluding hydrogens is 254 g/mol. The predicted molar refractivity (Wildman–Crippen MR) is 62.8 cm³/mol. The smallest absolute Gasteiger partial charge is 0.205 e. The molecule has 0 amide bonds. The van der Waals surface area contributed by atoms with Crippen molar-refractivity contribution < 1.29 is 18.4 Å². The summed E-state index contributed by atoms with van der Waals surface area (Å²) >= 11 is 0. The number of halogens is 2. The molecule has 0 bridgehead atoms. The van der Waals surface area contributed by atoms with Gasteiger partial charge in [0.1, 0.15) is 11.6 Å². The number of nitrogens with zero attached hydrogens (tertiary/aromatic N) is 2. The van der Waals surface area contributed by atoms with Crippen LogP contribution in [0.2, 0.25) is 0 Å². The molecular formula is C13H10F2N2O2. The minimum Gasteiger partial charge on any atom is -0.332 e. The largest absolute Gasteiger partial charge is 0.332 e. The van der Waals surface area contributed by atoms with Crippen molar-refractivity contribution in [2.45, 2.75) is 6.42 Å². The molecule has 0 N–H and O–H groups in total. The van der Waals surface area contributed by atoms with Crippen molar-refractivity contribution in [3.63, 3.8) is 0 Å². The summed E-state index contributed by atoms with van der Waals surface area (Å²) < 4.78 is 28.2. The molecule has 0 aliphatic heterocycles. The second-order valence-corrected chi connectivity index (χ2v) is 3.98.